The fraction of sp³-hybridized carbons (Fsp3) is 0.688. The van der Waals surface area contributed by atoms with Crippen LogP contribution in [0.25, 0.3) is 11.0 Å². The van der Waals surface area contributed by atoms with Crippen molar-refractivity contribution in [2.24, 2.45) is 7.05 Å². The highest BCUT2D eigenvalue weighted by Crippen LogP contribution is 2.24. The quantitative estimate of drug-likeness (QED) is 0.826. The molecule has 126 valence electrons. The smallest absolute Gasteiger partial charge is 0.163 e. The summed E-state index contributed by atoms with van der Waals surface area (Å²) in [4.78, 5) is 14.0. The largest absolute Gasteiger partial charge is 0.377 e. The molecule has 0 spiro atoms. The number of nitrogens with zero attached hydrogens (tertiary/aromatic N) is 6. The van der Waals surface area contributed by atoms with Crippen molar-refractivity contribution < 1.29 is 4.74 Å². The Morgan fingerprint density at radius 3 is 2.61 bits per heavy atom. The molecule has 3 rings (SSSR count). The van der Waals surface area contributed by atoms with E-state index in [1.165, 1.54) is 0 Å². The van der Waals surface area contributed by atoms with E-state index < -0.39 is 0 Å². The second kappa shape index (κ2) is 6.80. The number of hydrogen-bond donors (Lipinski definition) is 0. The predicted molar refractivity (Wildman–Crippen MR) is 90.8 cm³/mol. The van der Waals surface area contributed by atoms with Crippen LogP contribution in [0.3, 0.4) is 0 Å². The van der Waals surface area contributed by atoms with Gasteiger partial charge in [-0.1, -0.05) is 0 Å². The lowest BCUT2D eigenvalue weighted by Crippen LogP contribution is -2.47. The number of aromatic nitrogens is 4. The van der Waals surface area contributed by atoms with Crippen molar-refractivity contribution >= 4 is 16.9 Å². The predicted octanol–water partition coefficient (Wildman–Crippen LogP) is 1.22. The first-order valence-electron chi connectivity index (χ1n) is 8.30. The summed E-state index contributed by atoms with van der Waals surface area (Å²) in [5.74, 6) is 1.81. The van der Waals surface area contributed by atoms with Crippen molar-refractivity contribution in [1.29, 1.82) is 0 Å². The molecule has 0 unspecified atom stereocenters. The van der Waals surface area contributed by atoms with Crippen LogP contribution in [0, 0.1) is 6.92 Å². The third-order valence-electron chi connectivity index (χ3n) is 4.21. The number of rotatable bonds is 5. The van der Waals surface area contributed by atoms with E-state index in [2.05, 4.69) is 38.7 Å². The molecular formula is C16H26N6O. The first-order chi connectivity index (χ1) is 11.0. The molecule has 3 heterocycles. The van der Waals surface area contributed by atoms with Gasteiger partial charge < -0.3 is 9.64 Å². The monoisotopic (exact) mass is 318 g/mol. The number of fused-ring (bicyclic) bond motifs is 1. The Balaban J connectivity index is 1.66. The summed E-state index contributed by atoms with van der Waals surface area (Å²) in [6.45, 7) is 11.9. The Morgan fingerprint density at radius 1 is 1.17 bits per heavy atom. The zero-order valence-electron chi connectivity index (χ0n) is 14.5. The molecule has 1 saturated heterocycles. The fourth-order valence-electron chi connectivity index (χ4n) is 2.95. The normalized spacial score (nSPS) is 16.7. The lowest BCUT2D eigenvalue weighted by molar-refractivity contribution is 0.0579. The van der Waals surface area contributed by atoms with E-state index >= 15 is 0 Å². The zero-order chi connectivity index (χ0) is 16.4. The first kappa shape index (κ1) is 16.1. The highest BCUT2D eigenvalue weighted by atomic mass is 16.5. The molecule has 2 aromatic heterocycles. The number of anilines is 1. The van der Waals surface area contributed by atoms with Gasteiger partial charge in [-0.25, -0.2) is 9.97 Å². The minimum absolute atomic E-state index is 0.305. The van der Waals surface area contributed by atoms with E-state index in [0.29, 0.717) is 6.10 Å². The molecule has 2 aromatic rings. The maximum absolute atomic E-state index is 5.65. The molecule has 1 fully saturated rings. The SMILES string of the molecule is Cc1nc(N2CCN(CCOC(C)C)CC2)c2cnn(C)c2n1. The lowest BCUT2D eigenvalue weighted by atomic mass is 10.2. The second-order valence-electron chi connectivity index (χ2n) is 6.35. The third-order valence-corrected chi connectivity index (χ3v) is 4.21. The molecule has 0 atom stereocenters. The molecule has 0 aromatic carbocycles. The Kier molecular flexibility index (Phi) is 4.77. The van der Waals surface area contributed by atoms with Crippen LogP contribution in [0.1, 0.15) is 19.7 Å². The van der Waals surface area contributed by atoms with Gasteiger partial charge >= 0.3 is 0 Å². The Labute approximate surface area is 137 Å². The third kappa shape index (κ3) is 3.61. The number of ether oxygens (including phenoxy) is 1. The topological polar surface area (TPSA) is 59.3 Å². The van der Waals surface area contributed by atoms with Gasteiger partial charge in [0.1, 0.15) is 11.6 Å². The van der Waals surface area contributed by atoms with Crippen LogP contribution < -0.4 is 4.90 Å². The average Bonchev–Trinajstić information content (AvgIpc) is 2.88. The maximum Gasteiger partial charge on any atom is 0.163 e. The van der Waals surface area contributed by atoms with Crippen molar-refractivity contribution in [3.05, 3.63) is 12.0 Å². The Bertz CT molecular complexity index is 660. The van der Waals surface area contributed by atoms with Crippen LogP contribution >= 0.6 is 0 Å². The van der Waals surface area contributed by atoms with E-state index in [-0.39, 0.29) is 0 Å². The van der Waals surface area contributed by atoms with Crippen LogP contribution in [0.2, 0.25) is 0 Å². The first-order valence-corrected chi connectivity index (χ1v) is 8.30. The van der Waals surface area contributed by atoms with Crippen LogP contribution in [0.5, 0.6) is 0 Å². The summed E-state index contributed by atoms with van der Waals surface area (Å²) in [5.41, 5.74) is 0.903. The van der Waals surface area contributed by atoms with Gasteiger partial charge in [0, 0.05) is 39.8 Å². The minimum atomic E-state index is 0.305. The molecule has 0 amide bonds. The summed E-state index contributed by atoms with van der Waals surface area (Å²) in [5, 5.41) is 5.36. The lowest BCUT2D eigenvalue weighted by Gasteiger charge is -2.35. The molecule has 1 aliphatic heterocycles. The number of aryl methyl sites for hydroxylation is 2. The van der Waals surface area contributed by atoms with Crippen molar-refractivity contribution in [3.8, 4) is 0 Å². The Hall–Kier alpha value is -1.73. The van der Waals surface area contributed by atoms with Gasteiger partial charge in [0.15, 0.2) is 5.65 Å². The summed E-state index contributed by atoms with van der Waals surface area (Å²) < 4.78 is 7.46. The molecule has 1 aliphatic rings. The zero-order valence-corrected chi connectivity index (χ0v) is 14.5. The average molecular weight is 318 g/mol. The van der Waals surface area contributed by atoms with Crippen molar-refractivity contribution in [2.75, 3.05) is 44.2 Å². The van der Waals surface area contributed by atoms with Gasteiger partial charge in [-0.05, 0) is 20.8 Å². The molecule has 0 radical (unpaired) electrons. The molecule has 7 heteroatoms. The highest BCUT2D eigenvalue weighted by Gasteiger charge is 2.21. The van der Waals surface area contributed by atoms with Crippen LogP contribution in [-0.2, 0) is 11.8 Å². The van der Waals surface area contributed by atoms with Crippen molar-refractivity contribution in [2.45, 2.75) is 26.9 Å². The van der Waals surface area contributed by atoms with Gasteiger partial charge in [-0.3, -0.25) is 9.58 Å². The van der Waals surface area contributed by atoms with Gasteiger partial charge in [0.25, 0.3) is 0 Å². The fourth-order valence-corrected chi connectivity index (χ4v) is 2.95. The summed E-state index contributed by atoms with van der Waals surface area (Å²) >= 11 is 0. The summed E-state index contributed by atoms with van der Waals surface area (Å²) in [6, 6.07) is 0. The summed E-state index contributed by atoms with van der Waals surface area (Å²) in [7, 11) is 1.92. The van der Waals surface area contributed by atoms with Gasteiger partial charge in [0.05, 0.1) is 24.3 Å². The molecule has 0 aliphatic carbocycles. The van der Waals surface area contributed by atoms with E-state index in [4.69, 9.17) is 4.74 Å². The van der Waals surface area contributed by atoms with E-state index in [9.17, 15) is 0 Å². The molecule has 7 nitrogen and oxygen atoms in total. The number of piperazine rings is 1. The molecular weight excluding hydrogens is 292 g/mol. The minimum Gasteiger partial charge on any atom is -0.377 e. The second-order valence-corrected chi connectivity index (χ2v) is 6.35. The Morgan fingerprint density at radius 2 is 1.91 bits per heavy atom. The standard InChI is InChI=1S/C16H26N6O/c1-12(2)23-10-9-21-5-7-22(8-6-21)16-14-11-17-20(4)15(14)18-13(3)19-16/h11-12H,5-10H2,1-4H3. The summed E-state index contributed by atoms with van der Waals surface area (Å²) in [6.07, 6.45) is 2.17. The molecule has 0 saturated carbocycles. The van der Waals surface area contributed by atoms with Crippen molar-refractivity contribution in [3.63, 3.8) is 0 Å². The molecule has 0 N–H and O–H groups in total. The van der Waals surface area contributed by atoms with E-state index in [0.717, 1.165) is 62.0 Å². The van der Waals surface area contributed by atoms with Crippen molar-refractivity contribution in [1.82, 2.24) is 24.6 Å². The van der Waals surface area contributed by atoms with Crippen LogP contribution in [0.15, 0.2) is 6.20 Å². The van der Waals surface area contributed by atoms with Gasteiger partial charge in [-0.2, -0.15) is 5.10 Å². The molecule has 0 bridgehead atoms. The van der Waals surface area contributed by atoms with Gasteiger partial charge in [-0.15, -0.1) is 0 Å². The maximum atomic E-state index is 5.65. The van der Waals surface area contributed by atoms with E-state index in [1.54, 1.807) is 0 Å². The van der Waals surface area contributed by atoms with Crippen LogP contribution in [0.4, 0.5) is 5.82 Å². The number of hydrogen-bond acceptors (Lipinski definition) is 6. The molecule has 23 heavy (non-hydrogen) atoms. The van der Waals surface area contributed by atoms with Gasteiger partial charge in [0.2, 0.25) is 0 Å². The van der Waals surface area contributed by atoms with Crippen LogP contribution in [-0.4, -0.2) is 70.1 Å². The highest BCUT2D eigenvalue weighted by molar-refractivity contribution is 5.87. The van der Waals surface area contributed by atoms with E-state index in [1.807, 2.05) is 24.9 Å².